The summed E-state index contributed by atoms with van der Waals surface area (Å²) in [6.45, 7) is 4.78. The molecule has 0 atom stereocenters. The van der Waals surface area contributed by atoms with E-state index in [9.17, 15) is 4.79 Å². The third-order valence-corrected chi connectivity index (χ3v) is 6.19. The normalized spacial score (nSPS) is 15.1. The van der Waals surface area contributed by atoms with Gasteiger partial charge in [0.25, 0.3) is 5.91 Å². The highest BCUT2D eigenvalue weighted by molar-refractivity contribution is 5.94. The number of benzene rings is 2. The lowest BCUT2D eigenvalue weighted by Gasteiger charge is -2.30. The van der Waals surface area contributed by atoms with Crippen LogP contribution in [0.4, 0.5) is 0 Å². The van der Waals surface area contributed by atoms with Crippen LogP contribution in [0.15, 0.2) is 59.1 Å². The Morgan fingerprint density at radius 2 is 1.87 bits per heavy atom. The molecular weight excluding hydrogens is 376 g/mol. The smallest absolute Gasteiger partial charge is 0.251 e. The van der Waals surface area contributed by atoms with Crippen molar-refractivity contribution in [3.63, 3.8) is 0 Å². The maximum atomic E-state index is 12.9. The number of amides is 1. The van der Waals surface area contributed by atoms with E-state index in [-0.39, 0.29) is 11.3 Å². The highest BCUT2D eigenvalue weighted by Gasteiger charge is 2.35. The summed E-state index contributed by atoms with van der Waals surface area (Å²) in [4.78, 5) is 12.9. The van der Waals surface area contributed by atoms with Crippen molar-refractivity contribution >= 4 is 5.91 Å². The van der Waals surface area contributed by atoms with Gasteiger partial charge in [-0.1, -0.05) is 54.4 Å². The summed E-state index contributed by atoms with van der Waals surface area (Å²) in [5, 5.41) is 7.12. The number of aromatic nitrogens is 1. The molecule has 1 N–H and O–H groups in total. The minimum atomic E-state index is -0.0694. The maximum absolute atomic E-state index is 12.9. The molecule has 1 aliphatic rings. The maximum Gasteiger partial charge on any atom is 0.251 e. The van der Waals surface area contributed by atoms with E-state index in [2.05, 4.69) is 34.7 Å². The highest BCUT2D eigenvalue weighted by Crippen LogP contribution is 2.40. The number of carbonyl (C=O) groups is 1. The van der Waals surface area contributed by atoms with E-state index < -0.39 is 0 Å². The number of carbonyl (C=O) groups excluding carboxylic acids is 1. The number of aryl methyl sites for hydroxylation is 2. The Bertz CT molecular complexity index is 985. The van der Waals surface area contributed by atoms with Gasteiger partial charge in [-0.2, -0.15) is 0 Å². The minimum absolute atomic E-state index is 0.0361. The van der Waals surface area contributed by atoms with Gasteiger partial charge in [0.15, 0.2) is 0 Å². The zero-order chi connectivity index (χ0) is 21.0. The van der Waals surface area contributed by atoms with Crippen molar-refractivity contribution < 1.29 is 14.1 Å². The second-order valence-corrected chi connectivity index (χ2v) is 8.16. The monoisotopic (exact) mass is 404 g/mol. The second kappa shape index (κ2) is 8.74. The van der Waals surface area contributed by atoms with E-state index in [4.69, 9.17) is 9.26 Å². The van der Waals surface area contributed by atoms with Crippen LogP contribution in [0.1, 0.15) is 58.6 Å². The van der Waals surface area contributed by atoms with Crippen LogP contribution < -0.4 is 10.1 Å². The lowest BCUT2D eigenvalue weighted by molar-refractivity contribution is 0.0942. The zero-order valence-electron chi connectivity index (χ0n) is 17.6. The summed E-state index contributed by atoms with van der Waals surface area (Å²) >= 11 is 0. The molecule has 1 fully saturated rings. The number of nitrogens with one attached hydrogen (secondary N) is 1. The highest BCUT2D eigenvalue weighted by atomic mass is 16.5. The molecule has 5 heteroatoms. The second-order valence-electron chi connectivity index (χ2n) is 8.16. The third kappa shape index (κ3) is 4.25. The Balaban J connectivity index is 1.42. The largest absolute Gasteiger partial charge is 0.489 e. The van der Waals surface area contributed by atoms with Gasteiger partial charge in [0, 0.05) is 17.5 Å². The molecule has 5 nitrogen and oxygen atoms in total. The van der Waals surface area contributed by atoms with Gasteiger partial charge in [0.2, 0.25) is 0 Å². The average molecular weight is 405 g/mol. The van der Waals surface area contributed by atoms with Crippen molar-refractivity contribution in [2.24, 2.45) is 0 Å². The molecule has 0 saturated heterocycles. The molecule has 0 unspecified atom stereocenters. The van der Waals surface area contributed by atoms with Crippen LogP contribution in [-0.2, 0) is 12.0 Å². The molecule has 2 aromatic carbocycles. The summed E-state index contributed by atoms with van der Waals surface area (Å²) in [5.74, 6) is 1.34. The number of nitrogens with zero attached hydrogens (tertiary/aromatic N) is 1. The summed E-state index contributed by atoms with van der Waals surface area (Å²) in [7, 11) is 0. The van der Waals surface area contributed by atoms with Crippen LogP contribution in [0.25, 0.3) is 0 Å². The molecule has 0 radical (unpaired) electrons. The Morgan fingerprint density at radius 1 is 1.10 bits per heavy atom. The fourth-order valence-electron chi connectivity index (χ4n) is 4.35. The quantitative estimate of drug-likeness (QED) is 0.594. The van der Waals surface area contributed by atoms with E-state index >= 15 is 0 Å². The van der Waals surface area contributed by atoms with E-state index in [1.807, 2.05) is 38.1 Å². The van der Waals surface area contributed by atoms with Gasteiger partial charge in [-0.3, -0.25) is 4.79 Å². The first kappa shape index (κ1) is 20.2. The molecule has 30 heavy (non-hydrogen) atoms. The predicted octanol–water partition coefficient (Wildman–Crippen LogP) is 5.11. The number of rotatable bonds is 7. The van der Waals surface area contributed by atoms with Gasteiger partial charge >= 0.3 is 0 Å². The van der Waals surface area contributed by atoms with Gasteiger partial charge in [-0.25, -0.2) is 0 Å². The molecule has 3 aromatic rings. The van der Waals surface area contributed by atoms with Crippen LogP contribution in [0.3, 0.4) is 0 Å². The van der Waals surface area contributed by atoms with E-state index in [1.54, 1.807) is 6.07 Å². The van der Waals surface area contributed by atoms with Crippen molar-refractivity contribution in [1.82, 2.24) is 10.5 Å². The predicted molar refractivity (Wildman–Crippen MR) is 116 cm³/mol. The van der Waals surface area contributed by atoms with E-state index in [0.717, 1.165) is 29.9 Å². The Hall–Kier alpha value is -3.08. The van der Waals surface area contributed by atoms with Crippen molar-refractivity contribution in [1.29, 1.82) is 0 Å². The van der Waals surface area contributed by atoms with Crippen molar-refractivity contribution in [3.05, 3.63) is 82.7 Å². The molecule has 1 saturated carbocycles. The van der Waals surface area contributed by atoms with E-state index in [1.165, 1.54) is 18.4 Å². The van der Waals surface area contributed by atoms with Crippen LogP contribution in [0.5, 0.6) is 5.75 Å². The third-order valence-electron chi connectivity index (χ3n) is 6.19. The molecule has 4 rings (SSSR count). The van der Waals surface area contributed by atoms with Crippen molar-refractivity contribution in [2.75, 3.05) is 6.54 Å². The van der Waals surface area contributed by atoms with Crippen molar-refractivity contribution in [2.45, 2.75) is 51.6 Å². The van der Waals surface area contributed by atoms with E-state index in [0.29, 0.717) is 24.5 Å². The fourth-order valence-corrected chi connectivity index (χ4v) is 4.35. The standard InChI is InChI=1S/C25H28N2O3/c1-18-23(19(2)30-27-18)16-29-22-12-8-9-20(15-22)24(28)26-17-25(13-6-7-14-25)21-10-4-3-5-11-21/h3-5,8-12,15H,6-7,13-14,16-17H2,1-2H3,(H,26,28). The van der Waals surface area contributed by atoms with Gasteiger partial charge < -0.3 is 14.6 Å². The number of hydrogen-bond acceptors (Lipinski definition) is 4. The zero-order valence-corrected chi connectivity index (χ0v) is 17.6. The first-order chi connectivity index (χ1) is 14.6. The topological polar surface area (TPSA) is 64.4 Å². The lowest BCUT2D eigenvalue weighted by atomic mass is 9.79. The van der Waals surface area contributed by atoms with Gasteiger partial charge in [0.05, 0.1) is 11.3 Å². The van der Waals surface area contributed by atoms with Crippen LogP contribution in [-0.4, -0.2) is 17.6 Å². The van der Waals surface area contributed by atoms with Crippen LogP contribution >= 0.6 is 0 Å². The molecule has 0 bridgehead atoms. The van der Waals surface area contributed by atoms with Crippen molar-refractivity contribution in [3.8, 4) is 5.75 Å². The molecule has 1 aliphatic carbocycles. The van der Waals surface area contributed by atoms with Crippen LogP contribution in [0.2, 0.25) is 0 Å². The number of ether oxygens (including phenoxy) is 1. The Kier molecular flexibility index (Phi) is 5.88. The SMILES string of the molecule is Cc1noc(C)c1COc1cccc(C(=O)NCC2(c3ccccc3)CCCC2)c1. The van der Waals surface area contributed by atoms with Gasteiger partial charge in [0.1, 0.15) is 18.1 Å². The summed E-state index contributed by atoms with van der Waals surface area (Å²) in [5.41, 5.74) is 3.72. The van der Waals surface area contributed by atoms with Gasteiger partial charge in [-0.15, -0.1) is 0 Å². The summed E-state index contributed by atoms with van der Waals surface area (Å²) in [6.07, 6.45) is 4.63. The molecule has 1 amide bonds. The Labute approximate surface area is 177 Å². The molecule has 156 valence electrons. The average Bonchev–Trinajstić information content (AvgIpc) is 3.39. The minimum Gasteiger partial charge on any atom is -0.489 e. The first-order valence-corrected chi connectivity index (χ1v) is 10.6. The molecule has 1 heterocycles. The first-order valence-electron chi connectivity index (χ1n) is 10.6. The molecular formula is C25H28N2O3. The lowest BCUT2D eigenvalue weighted by Crippen LogP contribution is -2.39. The van der Waals surface area contributed by atoms with Crippen LogP contribution in [0, 0.1) is 13.8 Å². The fraction of sp³-hybridized carbons (Fsp3) is 0.360. The summed E-state index contributed by atoms with van der Waals surface area (Å²) < 4.78 is 11.1. The molecule has 0 aliphatic heterocycles. The molecule has 0 spiro atoms. The van der Waals surface area contributed by atoms with Gasteiger partial charge in [-0.05, 0) is 50.5 Å². The summed E-state index contributed by atoms with van der Waals surface area (Å²) in [6, 6.07) is 17.9. The number of hydrogen-bond donors (Lipinski definition) is 1. The Morgan fingerprint density at radius 3 is 2.57 bits per heavy atom. The molecule has 1 aromatic heterocycles.